The molecule has 5 nitrogen and oxygen atoms in total. The maximum Gasteiger partial charge on any atom is 0.357 e. The third-order valence-electron chi connectivity index (χ3n) is 10.5. The zero-order valence-corrected chi connectivity index (χ0v) is 31.1. The highest BCUT2D eigenvalue weighted by molar-refractivity contribution is 5.98. The lowest BCUT2D eigenvalue weighted by atomic mass is 9.92. The van der Waals surface area contributed by atoms with Crippen LogP contribution in [-0.4, -0.2) is 21.4 Å². The van der Waals surface area contributed by atoms with Gasteiger partial charge in [-0.25, -0.2) is 19.8 Å². The quantitative estimate of drug-likeness (QED) is 0.156. The van der Waals surface area contributed by atoms with E-state index in [0.29, 0.717) is 0 Å². The Balaban J connectivity index is 1.32. The fraction of sp³-hybridized carbons (Fsp3) is 0.208. The second-order valence-corrected chi connectivity index (χ2v) is 14.8. The lowest BCUT2D eigenvalue weighted by molar-refractivity contribution is -0.583. The minimum Gasteiger partial charge on any atom is -0.334 e. The van der Waals surface area contributed by atoms with E-state index in [-0.39, 0.29) is 24.2 Å². The normalized spacial score (nSPS) is 19.6. The average molecular weight is 695 g/mol. The molecule has 0 saturated carbocycles. The van der Waals surface area contributed by atoms with Crippen LogP contribution in [0.4, 0.5) is 0 Å². The zero-order valence-electron chi connectivity index (χ0n) is 31.1. The molecule has 2 heterocycles. The fourth-order valence-electron chi connectivity index (χ4n) is 8.49. The van der Waals surface area contributed by atoms with Gasteiger partial charge in [-0.05, 0) is 61.1 Å². The molecule has 5 heteroatoms. The van der Waals surface area contributed by atoms with Crippen molar-refractivity contribution in [2.45, 2.75) is 65.0 Å². The second-order valence-electron chi connectivity index (χ2n) is 14.8. The van der Waals surface area contributed by atoms with Crippen molar-refractivity contribution >= 4 is 11.9 Å². The number of benzene rings is 6. The van der Waals surface area contributed by atoms with E-state index < -0.39 is 0 Å². The summed E-state index contributed by atoms with van der Waals surface area (Å²) in [6, 6.07) is 57.2. The van der Waals surface area contributed by atoms with Gasteiger partial charge in [0, 0.05) is 0 Å². The summed E-state index contributed by atoms with van der Waals surface area (Å²) >= 11 is 0. The van der Waals surface area contributed by atoms with Crippen molar-refractivity contribution in [1.82, 2.24) is 15.5 Å². The minimum absolute atomic E-state index is 0.0151. The van der Waals surface area contributed by atoms with E-state index in [1.54, 1.807) is 0 Å². The van der Waals surface area contributed by atoms with Crippen molar-refractivity contribution in [3.63, 3.8) is 0 Å². The number of hydrogen-bond acceptors (Lipinski definition) is 4. The van der Waals surface area contributed by atoms with Crippen molar-refractivity contribution < 1.29 is 4.58 Å². The summed E-state index contributed by atoms with van der Waals surface area (Å²) < 4.78 is 2.58. The Hall–Kier alpha value is -5.94. The average Bonchev–Trinajstić information content (AvgIpc) is 3.71. The molecular weight excluding hydrogens is 647 g/mol. The van der Waals surface area contributed by atoms with Crippen LogP contribution in [0.15, 0.2) is 163 Å². The number of nitrogens with zero attached hydrogens (tertiary/aromatic N) is 3. The topological polar surface area (TPSA) is 42.7 Å². The van der Waals surface area contributed by atoms with E-state index in [0.717, 1.165) is 25.0 Å². The van der Waals surface area contributed by atoms with Crippen LogP contribution in [0.5, 0.6) is 0 Å². The molecular formula is C48H48N5+. The van der Waals surface area contributed by atoms with Gasteiger partial charge in [0.2, 0.25) is 0 Å². The Morgan fingerprint density at radius 1 is 0.566 bits per heavy atom. The molecule has 53 heavy (non-hydrogen) atoms. The third-order valence-corrected chi connectivity index (χ3v) is 10.5. The van der Waals surface area contributed by atoms with Gasteiger partial charge < -0.3 is 5.32 Å². The molecule has 2 aliphatic rings. The first-order valence-electron chi connectivity index (χ1n) is 18.8. The first-order chi connectivity index (χ1) is 25.9. The predicted molar refractivity (Wildman–Crippen MR) is 217 cm³/mol. The number of nitrogens with one attached hydrogen (secondary N) is 2. The summed E-state index contributed by atoms with van der Waals surface area (Å²) in [7, 11) is 0. The second kappa shape index (κ2) is 15.0. The molecule has 0 aliphatic carbocycles. The highest BCUT2D eigenvalue weighted by atomic mass is 15.5. The van der Waals surface area contributed by atoms with Gasteiger partial charge in [0.15, 0.2) is 0 Å². The molecule has 0 unspecified atom stereocenters. The molecule has 6 aromatic carbocycles. The Morgan fingerprint density at radius 2 is 1.04 bits per heavy atom. The van der Waals surface area contributed by atoms with Crippen molar-refractivity contribution in [1.29, 1.82) is 0 Å². The molecule has 4 atom stereocenters. The Bertz CT molecular complexity index is 2210. The summed E-state index contributed by atoms with van der Waals surface area (Å²) in [5.74, 6) is 1.82. The van der Waals surface area contributed by atoms with Crippen LogP contribution in [0.25, 0.3) is 0 Å². The van der Waals surface area contributed by atoms with Gasteiger partial charge in [0.1, 0.15) is 18.1 Å². The van der Waals surface area contributed by atoms with E-state index in [9.17, 15) is 0 Å². The summed E-state index contributed by atoms with van der Waals surface area (Å²) in [4.78, 5) is 8.02. The Labute approximate surface area is 314 Å². The molecule has 0 amide bonds. The van der Waals surface area contributed by atoms with Crippen LogP contribution in [0, 0.1) is 27.7 Å². The monoisotopic (exact) mass is 694 g/mol. The maximum atomic E-state index is 5.43. The summed E-state index contributed by atoms with van der Waals surface area (Å²) in [5.41, 5.74) is 12.6. The van der Waals surface area contributed by atoms with Crippen LogP contribution in [0.2, 0.25) is 0 Å². The molecule has 0 aromatic heterocycles. The van der Waals surface area contributed by atoms with E-state index in [1.807, 2.05) is 0 Å². The van der Waals surface area contributed by atoms with E-state index >= 15 is 0 Å². The fourth-order valence-corrected chi connectivity index (χ4v) is 8.49. The van der Waals surface area contributed by atoms with Crippen LogP contribution in [-0.2, 0) is 13.1 Å². The number of aliphatic imine (C=N–C) groups is 1. The number of guanidine groups is 2. The molecule has 0 bridgehead atoms. The summed E-state index contributed by atoms with van der Waals surface area (Å²) in [5, 5.41) is 7.85. The maximum absolute atomic E-state index is 5.43. The van der Waals surface area contributed by atoms with Gasteiger partial charge in [-0.1, -0.05) is 180 Å². The van der Waals surface area contributed by atoms with Gasteiger partial charge in [0.25, 0.3) is 5.96 Å². The zero-order chi connectivity index (χ0) is 36.3. The molecule has 0 fully saturated rings. The molecule has 6 aromatic rings. The number of rotatable bonds is 8. The molecule has 0 spiro atoms. The van der Waals surface area contributed by atoms with Crippen LogP contribution in [0.1, 0.15) is 79.8 Å². The summed E-state index contributed by atoms with van der Waals surface area (Å²) in [6.45, 7) is 10.2. The van der Waals surface area contributed by atoms with Crippen molar-refractivity contribution in [2.24, 2.45) is 4.99 Å². The highest BCUT2D eigenvalue weighted by Crippen LogP contribution is 2.43. The lowest BCUT2D eigenvalue weighted by Gasteiger charge is -2.27. The molecule has 8 rings (SSSR count). The van der Waals surface area contributed by atoms with E-state index in [4.69, 9.17) is 4.99 Å². The molecule has 0 saturated heterocycles. The van der Waals surface area contributed by atoms with Crippen molar-refractivity contribution in [3.8, 4) is 0 Å². The smallest absolute Gasteiger partial charge is 0.334 e. The van der Waals surface area contributed by atoms with E-state index in [2.05, 4.69) is 206 Å². The first-order valence-corrected chi connectivity index (χ1v) is 18.8. The Kier molecular flexibility index (Phi) is 9.64. The SMILES string of the molecule is Cc1cc(C)cc(CN2C(NC3=N[C@@H](c4ccccc4)[C@H](c4ccccc4)N3)=[N+](Cc3cc(C)cc(C)c3)[C@@H](c3ccccc3)[C@@H]2c2ccccc2)c1. The molecule has 2 N–H and O–H groups in total. The number of hydrogen-bond donors (Lipinski definition) is 2. The van der Waals surface area contributed by atoms with Gasteiger partial charge in [-0.2, -0.15) is 0 Å². The highest BCUT2D eigenvalue weighted by Gasteiger charge is 2.49. The summed E-state index contributed by atoms with van der Waals surface area (Å²) in [6.07, 6.45) is 0. The first kappa shape index (κ1) is 34.2. The minimum atomic E-state index is -0.0845. The lowest BCUT2D eigenvalue weighted by Crippen LogP contribution is -2.48. The molecule has 2 aliphatic heterocycles. The van der Waals surface area contributed by atoms with Crippen LogP contribution in [0.3, 0.4) is 0 Å². The predicted octanol–water partition coefficient (Wildman–Crippen LogP) is 9.82. The standard InChI is InChI=1S/C48H47N5/c1-33-25-34(2)28-37(27-33)31-52-45(41-21-13-7-14-22-41)46(42-23-15-8-16-24-42)53(32-38-29-35(3)26-36(4)30-38)48(52)51-47-49-43(39-17-9-5-10-18-39)44(50-47)40-19-11-6-12-20-40/h5-30,43-46H,31-32H2,1-4H3,(H,49,50)/p+1/t43-,44-,45-,46-/m0/s1. The van der Waals surface area contributed by atoms with Crippen molar-refractivity contribution in [2.75, 3.05) is 0 Å². The molecule has 264 valence electrons. The largest absolute Gasteiger partial charge is 0.357 e. The van der Waals surface area contributed by atoms with Gasteiger partial charge in [-0.15, -0.1) is 0 Å². The van der Waals surface area contributed by atoms with Gasteiger partial charge in [0.05, 0.1) is 19.1 Å². The van der Waals surface area contributed by atoms with Crippen molar-refractivity contribution in [3.05, 3.63) is 213 Å². The van der Waals surface area contributed by atoms with Crippen LogP contribution < -0.4 is 10.6 Å². The Morgan fingerprint density at radius 3 is 1.58 bits per heavy atom. The number of aryl methyl sites for hydroxylation is 4. The van der Waals surface area contributed by atoms with Gasteiger partial charge >= 0.3 is 5.96 Å². The molecule has 0 radical (unpaired) electrons. The van der Waals surface area contributed by atoms with Gasteiger partial charge in [-0.3, -0.25) is 0 Å². The third kappa shape index (κ3) is 7.38. The van der Waals surface area contributed by atoms with Crippen LogP contribution >= 0.6 is 0 Å². The van der Waals surface area contributed by atoms with E-state index in [1.165, 1.54) is 55.6 Å².